The molecule has 0 saturated carbocycles. The van der Waals surface area contributed by atoms with Gasteiger partial charge in [-0.3, -0.25) is 4.57 Å². The molecule has 0 aliphatic carbocycles. The minimum atomic E-state index is -0.208. The Labute approximate surface area is 143 Å². The van der Waals surface area contributed by atoms with Crippen molar-refractivity contribution in [2.75, 3.05) is 7.11 Å². The van der Waals surface area contributed by atoms with Gasteiger partial charge in [0.1, 0.15) is 11.9 Å². The summed E-state index contributed by atoms with van der Waals surface area (Å²) in [6.07, 6.45) is 1.78. The van der Waals surface area contributed by atoms with Crippen molar-refractivity contribution in [2.24, 2.45) is 10.7 Å². The molecule has 1 atom stereocenters. The van der Waals surface area contributed by atoms with Gasteiger partial charge in [-0.2, -0.15) is 4.99 Å². The molecule has 2 aromatic carbocycles. The van der Waals surface area contributed by atoms with E-state index in [0.717, 1.165) is 33.2 Å². The van der Waals surface area contributed by atoms with E-state index in [1.54, 1.807) is 7.11 Å². The van der Waals surface area contributed by atoms with E-state index in [-0.39, 0.29) is 6.17 Å². The second-order valence-electron chi connectivity index (χ2n) is 5.97. The maximum absolute atomic E-state index is 6.02. The molecule has 4 aromatic rings. The number of imidazole rings is 1. The number of aliphatic imine (C=N–C) groups is 1. The normalized spacial score (nSPS) is 16.5. The third kappa shape index (κ3) is 1.99. The highest BCUT2D eigenvalue weighted by Crippen LogP contribution is 2.35. The van der Waals surface area contributed by atoms with Crippen molar-refractivity contribution < 1.29 is 4.74 Å². The highest BCUT2D eigenvalue weighted by molar-refractivity contribution is 5.89. The van der Waals surface area contributed by atoms with Crippen LogP contribution < -0.4 is 15.8 Å². The summed E-state index contributed by atoms with van der Waals surface area (Å²) in [5.74, 6) is 1.76. The Hall–Kier alpha value is -3.48. The minimum absolute atomic E-state index is 0.208. The van der Waals surface area contributed by atoms with Crippen LogP contribution in [0.15, 0.2) is 53.7 Å². The molecule has 4 N–H and O–H groups in total. The fraction of sp³-hybridized carbons (Fsp3) is 0.111. The first-order valence-corrected chi connectivity index (χ1v) is 7.97. The van der Waals surface area contributed by atoms with Gasteiger partial charge in [-0.05, 0) is 30.3 Å². The fourth-order valence-electron chi connectivity index (χ4n) is 3.40. The van der Waals surface area contributed by atoms with Gasteiger partial charge in [-0.15, -0.1) is 0 Å². The lowest BCUT2D eigenvalue weighted by molar-refractivity contribution is 0.415. The van der Waals surface area contributed by atoms with Crippen molar-refractivity contribution in [3.05, 3.63) is 54.2 Å². The third-order valence-corrected chi connectivity index (χ3v) is 4.56. The smallest absolute Gasteiger partial charge is 0.235 e. The predicted octanol–water partition coefficient (Wildman–Crippen LogP) is 2.62. The number of methoxy groups -OCH3 is 1. The van der Waals surface area contributed by atoms with Gasteiger partial charge in [0.15, 0.2) is 5.96 Å². The van der Waals surface area contributed by atoms with Crippen molar-refractivity contribution in [1.29, 1.82) is 0 Å². The standard InChI is InChI=1S/C18H16N6O/c1-25-10-6-7-13-11(8-10)12(9-20-13)16-22-17(19)23-18-21-14-4-2-3-5-15(14)24(16)18/h2-9,16,20H,1H3,(H3,19,21,22,23). The molecule has 0 bridgehead atoms. The lowest BCUT2D eigenvalue weighted by Crippen LogP contribution is -2.40. The highest BCUT2D eigenvalue weighted by Gasteiger charge is 2.27. The van der Waals surface area contributed by atoms with Crippen LogP contribution in [-0.4, -0.2) is 27.6 Å². The zero-order chi connectivity index (χ0) is 17.0. The van der Waals surface area contributed by atoms with E-state index < -0.39 is 0 Å². The Morgan fingerprint density at radius 1 is 1.20 bits per heavy atom. The number of fused-ring (bicyclic) bond motifs is 4. The van der Waals surface area contributed by atoms with Crippen LogP contribution in [0.3, 0.4) is 0 Å². The van der Waals surface area contributed by atoms with Gasteiger partial charge in [0, 0.05) is 22.7 Å². The van der Waals surface area contributed by atoms with Crippen molar-refractivity contribution in [3.63, 3.8) is 0 Å². The van der Waals surface area contributed by atoms with Crippen LogP contribution in [0, 0.1) is 0 Å². The van der Waals surface area contributed by atoms with Gasteiger partial charge in [0.05, 0.1) is 18.1 Å². The van der Waals surface area contributed by atoms with Crippen LogP contribution in [0.1, 0.15) is 11.7 Å². The molecule has 2 aromatic heterocycles. The van der Waals surface area contributed by atoms with Gasteiger partial charge in [0.2, 0.25) is 5.95 Å². The summed E-state index contributed by atoms with van der Waals surface area (Å²) in [7, 11) is 1.67. The number of hydrogen-bond donors (Lipinski definition) is 3. The molecule has 0 radical (unpaired) electrons. The predicted molar refractivity (Wildman–Crippen MR) is 97.1 cm³/mol. The first kappa shape index (κ1) is 13.9. The van der Waals surface area contributed by atoms with Gasteiger partial charge >= 0.3 is 0 Å². The first-order chi connectivity index (χ1) is 12.2. The molecule has 0 spiro atoms. The number of aromatic nitrogens is 3. The molecule has 1 aliphatic heterocycles. The van der Waals surface area contributed by atoms with E-state index in [1.165, 1.54) is 0 Å². The summed E-state index contributed by atoms with van der Waals surface area (Å²) in [5.41, 5.74) is 10.00. The number of guanidine groups is 1. The SMILES string of the molecule is COc1ccc2[nH]cc(C3NC(N)=Nc4nc5ccccc5n43)c2c1. The Balaban J connectivity index is 1.77. The maximum Gasteiger partial charge on any atom is 0.235 e. The monoisotopic (exact) mass is 332 g/mol. The molecular weight excluding hydrogens is 316 g/mol. The highest BCUT2D eigenvalue weighted by atomic mass is 16.5. The van der Waals surface area contributed by atoms with Crippen LogP contribution >= 0.6 is 0 Å². The van der Waals surface area contributed by atoms with E-state index >= 15 is 0 Å². The van der Waals surface area contributed by atoms with Crippen LogP contribution in [0.25, 0.3) is 21.9 Å². The molecule has 1 unspecified atom stereocenters. The Bertz CT molecular complexity index is 1140. The Kier molecular flexibility index (Phi) is 2.79. The first-order valence-electron chi connectivity index (χ1n) is 7.97. The quantitative estimate of drug-likeness (QED) is 0.526. The number of nitrogens with one attached hydrogen (secondary N) is 2. The molecule has 0 amide bonds. The average molecular weight is 332 g/mol. The largest absolute Gasteiger partial charge is 0.497 e. The van der Waals surface area contributed by atoms with Crippen molar-refractivity contribution in [3.8, 4) is 5.75 Å². The minimum Gasteiger partial charge on any atom is -0.497 e. The van der Waals surface area contributed by atoms with Gasteiger partial charge in [-0.1, -0.05) is 12.1 Å². The lowest BCUT2D eigenvalue weighted by Gasteiger charge is -2.25. The van der Waals surface area contributed by atoms with Crippen molar-refractivity contribution in [1.82, 2.24) is 19.9 Å². The fourth-order valence-corrected chi connectivity index (χ4v) is 3.40. The summed E-state index contributed by atoms with van der Waals surface area (Å²) in [5, 5.41) is 4.34. The summed E-state index contributed by atoms with van der Waals surface area (Å²) >= 11 is 0. The zero-order valence-corrected chi connectivity index (χ0v) is 13.5. The Morgan fingerprint density at radius 3 is 2.96 bits per heavy atom. The Morgan fingerprint density at radius 2 is 2.08 bits per heavy atom. The lowest BCUT2D eigenvalue weighted by atomic mass is 10.1. The van der Waals surface area contributed by atoms with Gasteiger partial charge in [0.25, 0.3) is 0 Å². The topological polar surface area (TPSA) is 93.2 Å². The van der Waals surface area contributed by atoms with E-state index in [2.05, 4.69) is 24.8 Å². The molecule has 7 nitrogen and oxygen atoms in total. The van der Waals surface area contributed by atoms with Crippen molar-refractivity contribution >= 4 is 33.8 Å². The summed E-state index contributed by atoms with van der Waals surface area (Å²) < 4.78 is 7.44. The summed E-state index contributed by atoms with van der Waals surface area (Å²) in [6.45, 7) is 0. The third-order valence-electron chi connectivity index (χ3n) is 4.56. The summed E-state index contributed by atoms with van der Waals surface area (Å²) in [6, 6.07) is 13.9. The number of para-hydroxylation sites is 2. The molecule has 1 aliphatic rings. The van der Waals surface area contributed by atoms with Crippen LogP contribution in [0.5, 0.6) is 5.75 Å². The van der Waals surface area contributed by atoms with Gasteiger partial charge < -0.3 is 20.8 Å². The molecule has 0 saturated heterocycles. The van der Waals surface area contributed by atoms with Crippen LogP contribution in [0.2, 0.25) is 0 Å². The molecule has 124 valence electrons. The number of nitrogens with zero attached hydrogens (tertiary/aromatic N) is 3. The molecule has 25 heavy (non-hydrogen) atoms. The second kappa shape index (κ2) is 5.01. The molecule has 0 fully saturated rings. The zero-order valence-electron chi connectivity index (χ0n) is 13.5. The number of H-pyrrole nitrogens is 1. The second-order valence-corrected chi connectivity index (χ2v) is 5.97. The molecular formula is C18H16N6O. The van der Waals surface area contributed by atoms with Crippen molar-refractivity contribution in [2.45, 2.75) is 6.17 Å². The number of ether oxygens (including phenoxy) is 1. The van der Waals surface area contributed by atoms with E-state index in [1.807, 2.05) is 48.7 Å². The van der Waals surface area contributed by atoms with E-state index in [4.69, 9.17) is 10.5 Å². The number of aromatic amines is 1. The van der Waals surface area contributed by atoms with Crippen LogP contribution in [0.4, 0.5) is 5.95 Å². The average Bonchev–Trinajstić information content (AvgIpc) is 3.21. The summed E-state index contributed by atoms with van der Waals surface area (Å²) in [4.78, 5) is 12.3. The number of hydrogen-bond acceptors (Lipinski definition) is 5. The maximum atomic E-state index is 6.02. The van der Waals surface area contributed by atoms with Crippen LogP contribution in [-0.2, 0) is 0 Å². The number of nitrogens with two attached hydrogens (primary N) is 1. The van der Waals surface area contributed by atoms with E-state index in [9.17, 15) is 0 Å². The van der Waals surface area contributed by atoms with Gasteiger partial charge in [-0.25, -0.2) is 4.98 Å². The number of benzene rings is 2. The molecule has 7 heteroatoms. The number of rotatable bonds is 2. The van der Waals surface area contributed by atoms with E-state index in [0.29, 0.717) is 11.9 Å². The molecule has 3 heterocycles. The molecule has 5 rings (SSSR count).